The Morgan fingerprint density at radius 1 is 2.00 bits per heavy atom. The molecule has 0 rings (SSSR count). The third kappa shape index (κ3) is 2.43. The van der Waals surface area contributed by atoms with E-state index in [4.69, 9.17) is 10.8 Å². The highest BCUT2D eigenvalue weighted by molar-refractivity contribution is 14.1. The van der Waals surface area contributed by atoms with Crippen LogP contribution in [0.25, 0.3) is 0 Å². The fourth-order valence-corrected chi connectivity index (χ4v) is 0.553. The lowest BCUT2D eigenvalue weighted by atomic mass is 10.3. The maximum Gasteiger partial charge on any atom is 0.247 e. The molecule has 0 aliphatic heterocycles. The highest BCUT2D eigenvalue weighted by Gasteiger charge is 2.08. The summed E-state index contributed by atoms with van der Waals surface area (Å²) in [5.41, 5.74) is 5.06. The highest BCUT2D eigenvalue weighted by atomic mass is 127. The molecule has 4 N–H and O–H groups in total. The maximum absolute atomic E-state index is 10.3. The van der Waals surface area contributed by atoms with E-state index >= 15 is 0 Å². The molecule has 8 heavy (non-hydrogen) atoms. The molecule has 0 heterocycles. The van der Waals surface area contributed by atoms with Gasteiger partial charge in [0.25, 0.3) is 0 Å². The molecule has 5 heteroatoms. The molecule has 48 valence electrons. The molecule has 0 aliphatic carbocycles. The molecule has 0 aromatic heterocycles. The van der Waals surface area contributed by atoms with Gasteiger partial charge in [0, 0.05) is 0 Å². The lowest BCUT2D eigenvalue weighted by Crippen LogP contribution is -2.39. The van der Waals surface area contributed by atoms with Crippen molar-refractivity contribution in [2.75, 3.05) is 6.61 Å². The monoisotopic (exact) mass is 230 g/mol. The Kier molecular flexibility index (Phi) is 4.11. The van der Waals surface area contributed by atoms with E-state index in [1.54, 1.807) is 22.9 Å². The van der Waals surface area contributed by atoms with E-state index in [0.717, 1.165) is 0 Å². The van der Waals surface area contributed by atoms with Crippen molar-refractivity contribution in [2.45, 2.75) is 6.04 Å². The second-order valence-corrected chi connectivity index (χ2v) is 1.79. The molecule has 0 aromatic rings. The Hall–Kier alpha value is 0.120. The van der Waals surface area contributed by atoms with Crippen LogP contribution in [-0.4, -0.2) is 23.7 Å². The molecule has 1 amide bonds. The zero-order valence-electron chi connectivity index (χ0n) is 4.10. The first-order valence-electron chi connectivity index (χ1n) is 1.99. The van der Waals surface area contributed by atoms with Gasteiger partial charge < -0.3 is 10.8 Å². The molecular formula is C3H7IN2O2. The molecule has 0 aliphatic rings. The van der Waals surface area contributed by atoms with E-state index in [1.807, 2.05) is 0 Å². The van der Waals surface area contributed by atoms with Crippen LogP contribution < -0.4 is 9.26 Å². The number of nitrogens with one attached hydrogen (secondary N) is 1. The van der Waals surface area contributed by atoms with Gasteiger partial charge in [0.1, 0.15) is 6.04 Å². The summed E-state index contributed by atoms with van der Waals surface area (Å²) in [6.07, 6.45) is 0. The number of halogens is 1. The molecular weight excluding hydrogens is 223 g/mol. The Bertz CT molecular complexity index is 87.4. The van der Waals surface area contributed by atoms with E-state index in [-0.39, 0.29) is 12.5 Å². The van der Waals surface area contributed by atoms with Crippen molar-refractivity contribution in [2.24, 2.45) is 5.73 Å². The van der Waals surface area contributed by atoms with Crippen molar-refractivity contribution >= 4 is 28.8 Å². The number of aliphatic hydroxyl groups excluding tert-OH is 1. The summed E-state index contributed by atoms with van der Waals surface area (Å²) in [6, 6.07) is -0.785. The summed E-state index contributed by atoms with van der Waals surface area (Å²) in [4.78, 5) is 10.3. The fourth-order valence-electron chi connectivity index (χ4n) is 0.153. The summed E-state index contributed by atoms with van der Waals surface area (Å²) in [5.74, 6) is -0.354. The van der Waals surface area contributed by atoms with E-state index < -0.39 is 6.04 Å². The minimum absolute atomic E-state index is 0.311. The van der Waals surface area contributed by atoms with Crippen molar-refractivity contribution in [3.8, 4) is 0 Å². The van der Waals surface area contributed by atoms with Gasteiger partial charge in [0.15, 0.2) is 0 Å². The van der Waals surface area contributed by atoms with Gasteiger partial charge in [-0.3, -0.25) is 8.32 Å². The third-order valence-corrected chi connectivity index (χ3v) is 1.16. The number of hydrogen-bond donors (Lipinski definition) is 3. The van der Waals surface area contributed by atoms with Crippen molar-refractivity contribution in [3.63, 3.8) is 0 Å². The smallest absolute Gasteiger partial charge is 0.247 e. The predicted octanol–water partition coefficient (Wildman–Crippen LogP) is -1.23. The van der Waals surface area contributed by atoms with Crippen LogP contribution in [0.15, 0.2) is 0 Å². The summed E-state index contributed by atoms with van der Waals surface area (Å²) in [6.45, 7) is -0.311. The quantitative estimate of drug-likeness (QED) is 0.410. The van der Waals surface area contributed by atoms with E-state index in [9.17, 15) is 4.79 Å². The first kappa shape index (κ1) is 8.12. The van der Waals surface area contributed by atoms with Gasteiger partial charge >= 0.3 is 0 Å². The van der Waals surface area contributed by atoms with Crippen LogP contribution in [-0.2, 0) is 4.79 Å². The van der Waals surface area contributed by atoms with Crippen molar-refractivity contribution in [1.82, 2.24) is 3.53 Å². The molecule has 1 unspecified atom stereocenters. The minimum Gasteiger partial charge on any atom is -0.394 e. The van der Waals surface area contributed by atoms with Gasteiger partial charge in [-0.25, -0.2) is 0 Å². The van der Waals surface area contributed by atoms with E-state index in [1.165, 1.54) is 0 Å². The van der Waals surface area contributed by atoms with Crippen LogP contribution in [0.3, 0.4) is 0 Å². The SMILES string of the molecule is NC(CO)C(=O)NI. The van der Waals surface area contributed by atoms with Crippen molar-refractivity contribution < 1.29 is 9.90 Å². The number of carbonyl (C=O) groups excluding carboxylic acids is 1. The Labute approximate surface area is 60.9 Å². The first-order chi connectivity index (χ1) is 3.72. The molecule has 0 bridgehead atoms. The van der Waals surface area contributed by atoms with Gasteiger partial charge in [-0.15, -0.1) is 0 Å². The number of hydrogen-bond acceptors (Lipinski definition) is 3. The Balaban J connectivity index is 3.46. The average molecular weight is 230 g/mol. The van der Waals surface area contributed by atoms with Crippen molar-refractivity contribution in [1.29, 1.82) is 0 Å². The molecule has 0 aromatic carbocycles. The largest absolute Gasteiger partial charge is 0.394 e. The standard InChI is InChI=1S/C3H7IN2O2/c4-6-3(8)2(5)1-7/h2,7H,1,5H2,(H,6,8). The highest BCUT2D eigenvalue weighted by Crippen LogP contribution is 1.78. The zero-order chi connectivity index (χ0) is 6.57. The zero-order valence-corrected chi connectivity index (χ0v) is 6.25. The third-order valence-electron chi connectivity index (χ3n) is 0.627. The van der Waals surface area contributed by atoms with Crippen LogP contribution in [0.5, 0.6) is 0 Å². The molecule has 1 atom stereocenters. The molecule has 4 nitrogen and oxygen atoms in total. The number of amides is 1. The van der Waals surface area contributed by atoms with Crippen LogP contribution in [0, 0.1) is 0 Å². The molecule has 0 radical (unpaired) electrons. The van der Waals surface area contributed by atoms with Gasteiger partial charge in [-0.2, -0.15) is 0 Å². The van der Waals surface area contributed by atoms with Crippen LogP contribution >= 0.6 is 22.9 Å². The normalized spacial score (nSPS) is 12.9. The number of rotatable bonds is 2. The number of carbonyl (C=O) groups is 1. The first-order valence-corrected chi connectivity index (χ1v) is 3.07. The summed E-state index contributed by atoms with van der Waals surface area (Å²) < 4.78 is 2.26. The van der Waals surface area contributed by atoms with Crippen LogP contribution in [0.4, 0.5) is 0 Å². The molecule has 0 fully saturated rings. The van der Waals surface area contributed by atoms with Crippen LogP contribution in [0.2, 0.25) is 0 Å². The van der Waals surface area contributed by atoms with E-state index in [2.05, 4.69) is 3.53 Å². The van der Waals surface area contributed by atoms with E-state index in [0.29, 0.717) is 0 Å². The number of aliphatic hydroxyl groups is 1. The van der Waals surface area contributed by atoms with Crippen LogP contribution in [0.1, 0.15) is 0 Å². The topological polar surface area (TPSA) is 75.3 Å². The molecule has 0 spiro atoms. The summed E-state index contributed by atoms with van der Waals surface area (Å²) in [7, 11) is 0. The summed E-state index contributed by atoms with van der Waals surface area (Å²) >= 11 is 1.66. The second-order valence-electron chi connectivity index (χ2n) is 1.25. The predicted molar refractivity (Wildman–Crippen MR) is 37.2 cm³/mol. The Morgan fingerprint density at radius 2 is 2.50 bits per heavy atom. The maximum atomic E-state index is 10.3. The van der Waals surface area contributed by atoms with Gasteiger partial charge in [0.2, 0.25) is 5.91 Å². The van der Waals surface area contributed by atoms with Gasteiger partial charge in [-0.1, -0.05) is 0 Å². The van der Waals surface area contributed by atoms with Crippen molar-refractivity contribution in [3.05, 3.63) is 0 Å². The fraction of sp³-hybridized carbons (Fsp3) is 0.667. The van der Waals surface area contributed by atoms with Gasteiger partial charge in [0.05, 0.1) is 29.5 Å². The minimum atomic E-state index is -0.785. The van der Waals surface area contributed by atoms with Gasteiger partial charge in [-0.05, 0) is 0 Å². The molecule has 0 saturated heterocycles. The number of nitrogens with two attached hydrogens (primary N) is 1. The second kappa shape index (κ2) is 4.04. The summed E-state index contributed by atoms with van der Waals surface area (Å²) in [5, 5.41) is 8.25. The molecule has 0 saturated carbocycles. The lowest BCUT2D eigenvalue weighted by molar-refractivity contribution is -0.120. The lowest BCUT2D eigenvalue weighted by Gasteiger charge is -2.02. The average Bonchev–Trinajstić information content (AvgIpc) is 1.84. The Morgan fingerprint density at radius 3 is 2.62 bits per heavy atom.